The Kier molecular flexibility index (Phi) is 2.89. The van der Waals surface area contributed by atoms with Crippen LogP contribution in [0.1, 0.15) is 42.7 Å². The van der Waals surface area contributed by atoms with Crippen molar-refractivity contribution in [1.29, 1.82) is 0 Å². The number of likely N-dealkylation sites (tertiary alicyclic amines) is 1. The molecule has 2 nitrogen and oxygen atoms in total. The SMILES string of the molecule is NC1CCC2CN(Cc3cccc(C4CC4)c3)CC12. The number of nitrogens with two attached hydrogens (primary N) is 1. The van der Waals surface area contributed by atoms with Gasteiger partial charge in [0.1, 0.15) is 0 Å². The summed E-state index contributed by atoms with van der Waals surface area (Å²) in [5.41, 5.74) is 9.28. The zero-order chi connectivity index (χ0) is 12.8. The number of benzene rings is 1. The van der Waals surface area contributed by atoms with Crippen LogP contribution in [0.3, 0.4) is 0 Å². The topological polar surface area (TPSA) is 29.3 Å². The van der Waals surface area contributed by atoms with Crippen molar-refractivity contribution in [3.8, 4) is 0 Å². The van der Waals surface area contributed by atoms with Gasteiger partial charge in [-0.2, -0.15) is 0 Å². The van der Waals surface area contributed by atoms with Gasteiger partial charge in [0.25, 0.3) is 0 Å². The van der Waals surface area contributed by atoms with Crippen molar-refractivity contribution >= 4 is 0 Å². The lowest BCUT2D eigenvalue weighted by Gasteiger charge is -2.18. The number of rotatable bonds is 3. The average Bonchev–Trinajstić information content (AvgIpc) is 3.11. The minimum Gasteiger partial charge on any atom is -0.327 e. The van der Waals surface area contributed by atoms with Gasteiger partial charge in [0.05, 0.1) is 0 Å². The lowest BCUT2D eigenvalue weighted by molar-refractivity contribution is 0.298. The van der Waals surface area contributed by atoms with Crippen LogP contribution in [0.5, 0.6) is 0 Å². The van der Waals surface area contributed by atoms with Gasteiger partial charge in [-0.3, -0.25) is 4.90 Å². The molecule has 1 aromatic rings. The van der Waals surface area contributed by atoms with Crippen LogP contribution in [-0.4, -0.2) is 24.0 Å². The Hall–Kier alpha value is -0.860. The molecule has 2 heteroatoms. The predicted octanol–water partition coefficient (Wildman–Crippen LogP) is 2.73. The van der Waals surface area contributed by atoms with Crippen LogP contribution in [0.15, 0.2) is 24.3 Å². The van der Waals surface area contributed by atoms with Crippen LogP contribution in [0.2, 0.25) is 0 Å². The van der Waals surface area contributed by atoms with Gasteiger partial charge in [0.2, 0.25) is 0 Å². The standard InChI is InChI=1S/C17H24N2/c18-17-7-6-15-10-19(11-16(15)17)9-12-2-1-3-14(8-12)13-4-5-13/h1-3,8,13,15-17H,4-7,9-11,18H2. The summed E-state index contributed by atoms with van der Waals surface area (Å²) in [5.74, 6) is 2.51. The van der Waals surface area contributed by atoms with Crippen LogP contribution in [0, 0.1) is 11.8 Å². The second kappa shape index (κ2) is 4.60. The Bertz CT molecular complexity index is 466. The lowest BCUT2D eigenvalue weighted by atomic mass is 9.98. The quantitative estimate of drug-likeness (QED) is 0.901. The summed E-state index contributed by atoms with van der Waals surface area (Å²) in [5, 5.41) is 0. The molecule has 3 fully saturated rings. The second-order valence-corrected chi connectivity index (χ2v) is 6.88. The van der Waals surface area contributed by atoms with E-state index in [0.29, 0.717) is 6.04 Å². The van der Waals surface area contributed by atoms with Crippen LogP contribution in [0.4, 0.5) is 0 Å². The van der Waals surface area contributed by atoms with E-state index >= 15 is 0 Å². The molecule has 0 amide bonds. The van der Waals surface area contributed by atoms with Crippen molar-refractivity contribution < 1.29 is 0 Å². The minimum atomic E-state index is 0.466. The predicted molar refractivity (Wildman–Crippen MR) is 77.9 cm³/mol. The Labute approximate surface area is 116 Å². The van der Waals surface area contributed by atoms with Crippen molar-refractivity contribution in [2.75, 3.05) is 13.1 Å². The molecule has 0 spiro atoms. The summed E-state index contributed by atoms with van der Waals surface area (Å²) >= 11 is 0. The van der Waals surface area contributed by atoms with E-state index in [4.69, 9.17) is 5.73 Å². The fourth-order valence-corrected chi connectivity index (χ4v) is 4.15. The van der Waals surface area contributed by atoms with Crippen molar-refractivity contribution in [2.24, 2.45) is 17.6 Å². The Morgan fingerprint density at radius 1 is 1.11 bits per heavy atom. The number of hydrogen-bond acceptors (Lipinski definition) is 2. The van der Waals surface area contributed by atoms with Gasteiger partial charge >= 0.3 is 0 Å². The van der Waals surface area contributed by atoms with E-state index in [1.165, 1.54) is 44.3 Å². The van der Waals surface area contributed by atoms with Gasteiger partial charge in [-0.1, -0.05) is 24.3 Å². The molecule has 4 rings (SSSR count). The molecule has 2 aliphatic carbocycles. The maximum Gasteiger partial charge on any atom is 0.0234 e. The molecule has 1 saturated heterocycles. The molecule has 102 valence electrons. The molecule has 3 atom stereocenters. The smallest absolute Gasteiger partial charge is 0.0234 e. The fraction of sp³-hybridized carbons (Fsp3) is 0.647. The first kappa shape index (κ1) is 11.9. The van der Waals surface area contributed by atoms with Crippen LogP contribution in [0.25, 0.3) is 0 Å². The van der Waals surface area contributed by atoms with Crippen LogP contribution < -0.4 is 5.73 Å². The molecule has 1 aliphatic heterocycles. The highest BCUT2D eigenvalue weighted by atomic mass is 15.2. The number of hydrogen-bond donors (Lipinski definition) is 1. The van der Waals surface area contributed by atoms with Gasteiger partial charge in [0.15, 0.2) is 0 Å². The van der Waals surface area contributed by atoms with Crippen molar-refractivity contribution in [1.82, 2.24) is 4.90 Å². The van der Waals surface area contributed by atoms with Gasteiger partial charge < -0.3 is 5.73 Å². The second-order valence-electron chi connectivity index (χ2n) is 6.88. The first-order chi connectivity index (χ1) is 9.29. The maximum atomic E-state index is 6.22. The van der Waals surface area contributed by atoms with E-state index in [-0.39, 0.29) is 0 Å². The van der Waals surface area contributed by atoms with E-state index < -0.39 is 0 Å². The molecule has 0 aromatic heterocycles. The normalized spacial score (nSPS) is 34.7. The zero-order valence-electron chi connectivity index (χ0n) is 11.6. The largest absolute Gasteiger partial charge is 0.327 e. The summed E-state index contributed by atoms with van der Waals surface area (Å²) in [4.78, 5) is 2.63. The van der Waals surface area contributed by atoms with Gasteiger partial charge in [-0.15, -0.1) is 0 Å². The minimum absolute atomic E-state index is 0.466. The third kappa shape index (κ3) is 2.32. The summed E-state index contributed by atoms with van der Waals surface area (Å²) in [7, 11) is 0. The Morgan fingerprint density at radius 2 is 2.00 bits per heavy atom. The number of nitrogens with zero attached hydrogens (tertiary/aromatic N) is 1. The van der Waals surface area contributed by atoms with Gasteiger partial charge in [-0.05, 0) is 54.6 Å². The van der Waals surface area contributed by atoms with Gasteiger partial charge in [0, 0.05) is 25.7 Å². The average molecular weight is 256 g/mol. The molecule has 1 aromatic carbocycles. The monoisotopic (exact) mass is 256 g/mol. The van der Waals surface area contributed by atoms with Crippen LogP contribution in [-0.2, 0) is 6.54 Å². The molecular formula is C17H24N2. The molecule has 1 heterocycles. The third-order valence-electron chi connectivity index (χ3n) is 5.39. The first-order valence-corrected chi connectivity index (χ1v) is 7.86. The molecule has 19 heavy (non-hydrogen) atoms. The first-order valence-electron chi connectivity index (χ1n) is 7.86. The summed E-state index contributed by atoms with van der Waals surface area (Å²) in [6.45, 7) is 3.62. The van der Waals surface area contributed by atoms with Crippen molar-refractivity contribution in [2.45, 2.75) is 44.2 Å². The molecule has 0 bridgehead atoms. The van der Waals surface area contributed by atoms with E-state index in [1.54, 1.807) is 5.56 Å². The highest BCUT2D eigenvalue weighted by Gasteiger charge is 2.40. The highest BCUT2D eigenvalue weighted by molar-refractivity contribution is 5.29. The van der Waals surface area contributed by atoms with Gasteiger partial charge in [-0.25, -0.2) is 0 Å². The zero-order valence-corrected chi connectivity index (χ0v) is 11.6. The fourth-order valence-electron chi connectivity index (χ4n) is 4.15. The summed E-state index contributed by atoms with van der Waals surface area (Å²) < 4.78 is 0. The van der Waals surface area contributed by atoms with E-state index in [0.717, 1.165) is 24.3 Å². The molecule has 2 N–H and O–H groups in total. The summed E-state index contributed by atoms with van der Waals surface area (Å²) in [6, 6.07) is 9.74. The molecular weight excluding hydrogens is 232 g/mol. The molecule has 0 radical (unpaired) electrons. The van der Waals surface area contributed by atoms with Crippen LogP contribution >= 0.6 is 0 Å². The van der Waals surface area contributed by atoms with E-state index in [9.17, 15) is 0 Å². The Balaban J connectivity index is 1.43. The van der Waals surface area contributed by atoms with Crippen molar-refractivity contribution in [3.05, 3.63) is 35.4 Å². The molecule has 3 aliphatic rings. The van der Waals surface area contributed by atoms with E-state index in [1.807, 2.05) is 0 Å². The lowest BCUT2D eigenvalue weighted by Crippen LogP contribution is -2.30. The molecule has 2 saturated carbocycles. The third-order valence-corrected chi connectivity index (χ3v) is 5.39. The maximum absolute atomic E-state index is 6.22. The van der Waals surface area contributed by atoms with E-state index in [2.05, 4.69) is 29.2 Å². The van der Waals surface area contributed by atoms with Crippen molar-refractivity contribution in [3.63, 3.8) is 0 Å². The Morgan fingerprint density at radius 3 is 2.79 bits per heavy atom. The summed E-state index contributed by atoms with van der Waals surface area (Å²) in [6.07, 6.45) is 5.39. The number of fused-ring (bicyclic) bond motifs is 1. The highest BCUT2D eigenvalue weighted by Crippen LogP contribution is 2.41. The molecule has 3 unspecified atom stereocenters.